The van der Waals surface area contributed by atoms with Crippen LogP contribution >= 0.6 is 34.5 Å². The smallest absolute Gasteiger partial charge is 0.326 e. The molecule has 5 atom stereocenters. The maximum atomic E-state index is 14.2. The largest absolute Gasteiger partial charge is 0.480 e. The van der Waals surface area contributed by atoms with Gasteiger partial charge < -0.3 is 36.8 Å². The fourth-order valence-electron chi connectivity index (χ4n) is 5.74. The Balaban J connectivity index is 1.53. The second kappa shape index (κ2) is 18.7. The lowest BCUT2D eigenvalue weighted by atomic mass is 10.0. The van der Waals surface area contributed by atoms with Gasteiger partial charge in [0.05, 0.1) is 6.42 Å². The van der Waals surface area contributed by atoms with Gasteiger partial charge in [0.1, 0.15) is 30.3 Å². The highest BCUT2D eigenvalue weighted by Gasteiger charge is 2.33. The lowest BCUT2D eigenvalue weighted by Crippen LogP contribution is -2.59. The van der Waals surface area contributed by atoms with E-state index in [1.165, 1.54) is 29.5 Å². The zero-order valence-corrected chi connectivity index (χ0v) is 30.9. The van der Waals surface area contributed by atoms with Gasteiger partial charge in [-0.1, -0.05) is 77.8 Å². The first-order valence-electron chi connectivity index (χ1n) is 16.9. The van der Waals surface area contributed by atoms with Crippen LogP contribution in [0.3, 0.4) is 0 Å². The summed E-state index contributed by atoms with van der Waals surface area (Å²) in [5.41, 5.74) is 1.85. The van der Waals surface area contributed by atoms with Crippen molar-refractivity contribution in [3.8, 4) is 0 Å². The zero-order valence-electron chi connectivity index (χ0n) is 28.6. The number of halogens is 2. The van der Waals surface area contributed by atoms with E-state index in [2.05, 4.69) is 26.6 Å². The Kier molecular flexibility index (Phi) is 13.8. The van der Waals surface area contributed by atoms with E-state index in [9.17, 15) is 39.0 Å². The van der Waals surface area contributed by atoms with Crippen molar-refractivity contribution in [1.82, 2.24) is 21.3 Å². The summed E-state index contributed by atoms with van der Waals surface area (Å²) in [5.74, 6) is -5.39. The molecule has 0 aliphatic carbocycles. The summed E-state index contributed by atoms with van der Waals surface area (Å²) in [6.45, 7) is 0. The molecule has 1 aromatic heterocycles. The second-order valence-corrected chi connectivity index (χ2v) is 14.5. The Labute approximate surface area is 324 Å². The summed E-state index contributed by atoms with van der Waals surface area (Å²) in [7, 11) is 0. The number of hydrogen-bond acceptors (Lipinski definition) is 8. The van der Waals surface area contributed by atoms with Crippen molar-refractivity contribution in [1.29, 1.82) is 0 Å². The zero-order chi connectivity index (χ0) is 38.8. The second-order valence-electron chi connectivity index (χ2n) is 12.7. The number of carbonyl (C=O) groups is 6. The van der Waals surface area contributed by atoms with Crippen molar-refractivity contribution in [2.45, 2.75) is 62.4 Å². The van der Waals surface area contributed by atoms with Gasteiger partial charge in [0.25, 0.3) is 5.91 Å². The van der Waals surface area contributed by atoms with Crippen molar-refractivity contribution in [3.63, 3.8) is 0 Å². The molecule has 3 aromatic carbocycles. The number of carbonyl (C=O) groups excluding carboxylic acids is 5. The standard InChI is InChI=1S/C38H37Cl2N5O8S/c39-24-11-10-23(27(40)18-24)17-29-35(49)43-28(15-21-5-2-1-3-6-21)34(48)45-31(38(52)53)16-22-8-12-25(13-9-22)41-37(51)32(46)20-33(47)42-30(36(50)44-29)19-26-7-4-14-54-26/h1-14,18,28-32,46H,15-17,19-20H2,(H,41,51)(H,42,47)(H,43,49)(H,44,50)(H,45,48)(H,52,53). The molecular weight excluding hydrogens is 757 g/mol. The highest BCUT2D eigenvalue weighted by molar-refractivity contribution is 7.09. The summed E-state index contributed by atoms with van der Waals surface area (Å²) in [4.78, 5) is 81.2. The minimum absolute atomic E-state index is 0.00946. The average molecular weight is 795 g/mol. The molecule has 5 amide bonds. The third kappa shape index (κ3) is 11.4. The number of hydrogen-bond donors (Lipinski definition) is 7. The third-order valence-corrected chi connectivity index (χ3v) is 10.1. The molecule has 0 radical (unpaired) electrons. The molecule has 13 nitrogen and oxygen atoms in total. The molecule has 2 aliphatic rings. The van der Waals surface area contributed by atoms with Crippen molar-refractivity contribution < 1.29 is 39.0 Å². The summed E-state index contributed by atoms with van der Waals surface area (Å²) < 4.78 is 0. The minimum atomic E-state index is -1.79. The molecule has 0 spiro atoms. The molecule has 3 heterocycles. The molecule has 7 N–H and O–H groups in total. The van der Waals surface area contributed by atoms with Gasteiger partial charge >= 0.3 is 5.97 Å². The molecular formula is C38H37Cl2N5O8S. The van der Waals surface area contributed by atoms with Crippen molar-refractivity contribution >= 4 is 75.7 Å². The van der Waals surface area contributed by atoms with Crippen molar-refractivity contribution in [2.75, 3.05) is 5.32 Å². The Bertz CT molecular complexity index is 1980. The first-order valence-corrected chi connectivity index (χ1v) is 18.5. The number of aliphatic carboxylic acids is 1. The number of anilines is 1. The van der Waals surface area contributed by atoms with Gasteiger partial charge in [-0.2, -0.15) is 0 Å². The molecule has 2 aliphatic heterocycles. The van der Waals surface area contributed by atoms with Gasteiger partial charge in [-0.3, -0.25) is 24.0 Å². The number of nitrogens with one attached hydrogen (secondary N) is 5. The summed E-state index contributed by atoms with van der Waals surface area (Å²) in [6.07, 6.45) is -2.81. The lowest BCUT2D eigenvalue weighted by Gasteiger charge is -2.26. The van der Waals surface area contributed by atoms with Crippen LogP contribution in [0.5, 0.6) is 0 Å². The van der Waals surface area contributed by atoms with Crippen LogP contribution in [0.1, 0.15) is 28.0 Å². The SMILES string of the molecule is O=C1CC(O)C(=O)Nc2ccc(cc2)CC(C(=O)O)NC(=O)C(Cc2ccccc2)NC(=O)C(Cc2ccc(Cl)cc2Cl)NC(=O)C(Cc2cccs2)N1. The fourth-order valence-corrected chi connectivity index (χ4v) is 6.98. The van der Waals surface area contributed by atoms with Gasteiger partial charge in [0.15, 0.2) is 0 Å². The van der Waals surface area contributed by atoms with E-state index in [1.54, 1.807) is 72.1 Å². The van der Waals surface area contributed by atoms with Crippen LogP contribution in [-0.4, -0.2) is 76.0 Å². The van der Waals surface area contributed by atoms with E-state index in [0.29, 0.717) is 21.7 Å². The highest BCUT2D eigenvalue weighted by atomic mass is 35.5. The number of aliphatic hydroxyl groups is 1. The number of thiophene rings is 1. The van der Waals surface area contributed by atoms with Gasteiger partial charge in [0, 0.05) is 46.3 Å². The number of rotatable bonds is 7. The molecule has 0 saturated heterocycles. The Morgan fingerprint density at radius 3 is 1.98 bits per heavy atom. The van der Waals surface area contributed by atoms with Crippen molar-refractivity contribution in [3.05, 3.63) is 122 Å². The van der Waals surface area contributed by atoms with Crippen LogP contribution < -0.4 is 26.6 Å². The topological polar surface area (TPSA) is 203 Å². The van der Waals surface area contributed by atoms with E-state index in [4.69, 9.17) is 23.2 Å². The monoisotopic (exact) mass is 793 g/mol. The molecule has 0 fully saturated rings. The fraction of sp³-hybridized carbons (Fsp3) is 0.263. The Hall–Kier alpha value is -5.28. The van der Waals surface area contributed by atoms with E-state index in [0.717, 1.165) is 4.88 Å². The highest BCUT2D eigenvalue weighted by Crippen LogP contribution is 2.23. The molecule has 282 valence electrons. The van der Waals surface area contributed by atoms with Gasteiger partial charge in [0.2, 0.25) is 23.6 Å². The van der Waals surface area contributed by atoms with E-state index >= 15 is 0 Å². The van der Waals surface area contributed by atoms with Crippen LogP contribution in [0, 0.1) is 0 Å². The third-order valence-electron chi connectivity index (χ3n) is 8.58. The van der Waals surface area contributed by atoms with Crippen LogP contribution in [0.2, 0.25) is 10.0 Å². The van der Waals surface area contributed by atoms with E-state index < -0.39 is 72.2 Å². The Morgan fingerprint density at radius 2 is 1.35 bits per heavy atom. The molecule has 2 bridgehead atoms. The molecule has 0 saturated carbocycles. The van der Waals surface area contributed by atoms with Gasteiger partial charge in [-0.25, -0.2) is 4.79 Å². The first kappa shape index (κ1) is 39.9. The molecule has 4 aromatic rings. The molecule has 54 heavy (non-hydrogen) atoms. The van der Waals surface area contributed by atoms with Gasteiger partial charge in [-0.05, 0) is 52.4 Å². The minimum Gasteiger partial charge on any atom is -0.480 e. The van der Waals surface area contributed by atoms with E-state index in [1.807, 2.05) is 0 Å². The number of carboxylic acid groups (broad SMARTS) is 1. The quantitative estimate of drug-likeness (QED) is 0.138. The summed E-state index contributed by atoms with van der Waals surface area (Å²) in [6, 6.07) is 17.6. The maximum Gasteiger partial charge on any atom is 0.326 e. The number of aliphatic hydroxyl groups excluding tert-OH is 1. The lowest BCUT2D eigenvalue weighted by molar-refractivity contribution is -0.142. The summed E-state index contributed by atoms with van der Waals surface area (Å²) >= 11 is 13.9. The van der Waals surface area contributed by atoms with E-state index in [-0.39, 0.29) is 36.4 Å². The number of fused-ring (bicyclic) bond motifs is 18. The van der Waals surface area contributed by atoms with Crippen LogP contribution in [0.4, 0.5) is 5.69 Å². The predicted molar refractivity (Wildman–Crippen MR) is 203 cm³/mol. The van der Waals surface area contributed by atoms with Crippen LogP contribution in [0.25, 0.3) is 0 Å². The van der Waals surface area contributed by atoms with Crippen LogP contribution in [0.15, 0.2) is 90.3 Å². The van der Waals surface area contributed by atoms with Crippen molar-refractivity contribution in [2.24, 2.45) is 0 Å². The molecule has 16 heteroatoms. The van der Waals surface area contributed by atoms with Gasteiger partial charge in [-0.15, -0.1) is 11.3 Å². The number of carboxylic acids is 1. The Morgan fingerprint density at radius 1 is 0.704 bits per heavy atom. The summed E-state index contributed by atoms with van der Waals surface area (Å²) in [5, 5.41) is 36.0. The number of benzene rings is 3. The molecule has 6 rings (SSSR count). The van der Waals surface area contributed by atoms with Crippen LogP contribution in [-0.2, 0) is 54.5 Å². The predicted octanol–water partition coefficient (Wildman–Crippen LogP) is 3.05. The molecule has 5 unspecified atom stereocenters. The average Bonchev–Trinajstić information content (AvgIpc) is 3.65. The normalized spacial score (nSPS) is 21.8. The first-order chi connectivity index (χ1) is 25.8. The number of amides is 5. The maximum absolute atomic E-state index is 14.2.